The topological polar surface area (TPSA) is 69.6 Å². The van der Waals surface area contributed by atoms with E-state index >= 15 is 0 Å². The number of aromatic nitrogens is 3. The van der Waals surface area contributed by atoms with E-state index in [2.05, 4.69) is 34.2 Å². The number of ether oxygens (including phenoxy) is 3. The SMILES string of the molecule is CCOC1CCN(c2ccc(-c3cnnc4cc(OC)c(OC)cc34)cn2)CC1. The smallest absolute Gasteiger partial charge is 0.162 e. The Morgan fingerprint density at radius 2 is 1.79 bits per heavy atom. The first-order valence-electron chi connectivity index (χ1n) is 9.94. The zero-order valence-corrected chi connectivity index (χ0v) is 17.1. The molecule has 152 valence electrons. The predicted molar refractivity (Wildman–Crippen MR) is 113 cm³/mol. The van der Waals surface area contributed by atoms with E-state index in [1.807, 2.05) is 18.3 Å². The number of rotatable bonds is 6. The van der Waals surface area contributed by atoms with Crippen molar-refractivity contribution in [1.82, 2.24) is 15.2 Å². The Labute approximate surface area is 170 Å². The van der Waals surface area contributed by atoms with Gasteiger partial charge >= 0.3 is 0 Å². The molecule has 3 aromatic rings. The van der Waals surface area contributed by atoms with Crippen LogP contribution in [0, 0.1) is 0 Å². The van der Waals surface area contributed by atoms with Crippen LogP contribution >= 0.6 is 0 Å². The Hall–Kier alpha value is -2.93. The third-order valence-corrected chi connectivity index (χ3v) is 5.37. The van der Waals surface area contributed by atoms with E-state index in [-0.39, 0.29) is 0 Å². The minimum atomic E-state index is 0.372. The number of benzene rings is 1. The standard InChI is InChI=1S/C22H26N4O3/c1-4-29-16-7-9-26(10-8-16)22-6-5-15(13-23-22)18-14-24-25-19-12-21(28-3)20(27-2)11-17(18)19/h5-6,11-14,16H,4,7-10H2,1-3H3. The van der Waals surface area contributed by atoms with E-state index in [1.54, 1.807) is 20.4 Å². The van der Waals surface area contributed by atoms with Crippen LogP contribution in [0.1, 0.15) is 19.8 Å². The number of methoxy groups -OCH3 is 2. The Balaban J connectivity index is 1.60. The van der Waals surface area contributed by atoms with Gasteiger partial charge in [-0.15, -0.1) is 0 Å². The average Bonchev–Trinajstić information content (AvgIpc) is 2.78. The molecule has 1 aliphatic heterocycles. The summed E-state index contributed by atoms with van der Waals surface area (Å²) in [6.07, 6.45) is 6.11. The van der Waals surface area contributed by atoms with Gasteiger partial charge in [0.15, 0.2) is 11.5 Å². The third-order valence-electron chi connectivity index (χ3n) is 5.37. The van der Waals surface area contributed by atoms with E-state index in [4.69, 9.17) is 19.2 Å². The first-order chi connectivity index (χ1) is 14.2. The second-order valence-corrected chi connectivity index (χ2v) is 7.03. The van der Waals surface area contributed by atoms with Gasteiger partial charge in [0.2, 0.25) is 0 Å². The van der Waals surface area contributed by atoms with Gasteiger partial charge in [-0.1, -0.05) is 0 Å². The summed E-state index contributed by atoms with van der Waals surface area (Å²) in [5.74, 6) is 2.29. The van der Waals surface area contributed by atoms with Crippen LogP contribution in [0.4, 0.5) is 5.82 Å². The summed E-state index contributed by atoms with van der Waals surface area (Å²) in [6, 6.07) is 7.94. The molecule has 4 rings (SSSR count). The number of piperidine rings is 1. The third kappa shape index (κ3) is 3.96. The van der Waals surface area contributed by atoms with Crippen molar-refractivity contribution in [3.8, 4) is 22.6 Å². The molecule has 0 amide bonds. The van der Waals surface area contributed by atoms with Crippen molar-refractivity contribution in [2.45, 2.75) is 25.9 Å². The molecule has 0 N–H and O–H groups in total. The molecule has 0 spiro atoms. The summed E-state index contributed by atoms with van der Waals surface area (Å²) in [5, 5.41) is 9.35. The van der Waals surface area contributed by atoms with Gasteiger partial charge in [-0.05, 0) is 38.0 Å². The zero-order chi connectivity index (χ0) is 20.2. The second-order valence-electron chi connectivity index (χ2n) is 7.03. The van der Waals surface area contributed by atoms with Gasteiger partial charge in [0.25, 0.3) is 0 Å². The van der Waals surface area contributed by atoms with Gasteiger partial charge in [-0.3, -0.25) is 0 Å². The normalized spacial score (nSPS) is 14.9. The summed E-state index contributed by atoms with van der Waals surface area (Å²) in [4.78, 5) is 7.03. The van der Waals surface area contributed by atoms with Crippen LogP contribution in [0.3, 0.4) is 0 Å². The fourth-order valence-corrected chi connectivity index (χ4v) is 3.83. The van der Waals surface area contributed by atoms with Crippen molar-refractivity contribution in [3.05, 3.63) is 36.7 Å². The molecule has 0 saturated carbocycles. The maximum atomic E-state index is 5.74. The Morgan fingerprint density at radius 1 is 1.03 bits per heavy atom. The highest BCUT2D eigenvalue weighted by molar-refractivity contribution is 5.95. The molecule has 0 unspecified atom stereocenters. The lowest BCUT2D eigenvalue weighted by molar-refractivity contribution is 0.0458. The first kappa shape index (κ1) is 19.4. The molecule has 0 bridgehead atoms. The predicted octanol–water partition coefficient (Wildman–Crippen LogP) is 3.71. The van der Waals surface area contributed by atoms with E-state index in [9.17, 15) is 0 Å². The lowest BCUT2D eigenvalue weighted by Crippen LogP contribution is -2.37. The van der Waals surface area contributed by atoms with E-state index in [1.165, 1.54) is 0 Å². The van der Waals surface area contributed by atoms with Crippen molar-refractivity contribution in [2.75, 3.05) is 38.8 Å². The molecule has 1 aromatic carbocycles. The number of hydrogen-bond donors (Lipinski definition) is 0. The molecule has 7 nitrogen and oxygen atoms in total. The Morgan fingerprint density at radius 3 is 2.45 bits per heavy atom. The number of nitrogens with zero attached hydrogens (tertiary/aromatic N) is 4. The molecule has 1 fully saturated rings. The highest BCUT2D eigenvalue weighted by atomic mass is 16.5. The van der Waals surface area contributed by atoms with Gasteiger partial charge in [-0.2, -0.15) is 10.2 Å². The number of pyridine rings is 1. The van der Waals surface area contributed by atoms with E-state index in [0.717, 1.165) is 60.4 Å². The molecule has 0 atom stereocenters. The lowest BCUT2D eigenvalue weighted by Gasteiger charge is -2.32. The van der Waals surface area contributed by atoms with Crippen molar-refractivity contribution >= 4 is 16.7 Å². The second kappa shape index (κ2) is 8.61. The molecular formula is C22H26N4O3. The van der Waals surface area contributed by atoms with Crippen LogP contribution in [-0.2, 0) is 4.74 Å². The van der Waals surface area contributed by atoms with Crippen molar-refractivity contribution < 1.29 is 14.2 Å². The van der Waals surface area contributed by atoms with Gasteiger partial charge in [-0.25, -0.2) is 4.98 Å². The van der Waals surface area contributed by atoms with Crippen LogP contribution in [0.15, 0.2) is 36.7 Å². The quantitative estimate of drug-likeness (QED) is 0.631. The number of anilines is 1. The zero-order valence-electron chi connectivity index (χ0n) is 17.1. The Bertz CT molecular complexity index is 970. The molecule has 0 radical (unpaired) electrons. The number of hydrogen-bond acceptors (Lipinski definition) is 7. The summed E-state index contributed by atoms with van der Waals surface area (Å²) in [7, 11) is 3.24. The molecule has 0 aliphatic carbocycles. The van der Waals surface area contributed by atoms with Crippen LogP contribution < -0.4 is 14.4 Å². The van der Waals surface area contributed by atoms with Gasteiger partial charge < -0.3 is 19.1 Å². The van der Waals surface area contributed by atoms with Crippen molar-refractivity contribution in [3.63, 3.8) is 0 Å². The average molecular weight is 394 g/mol. The van der Waals surface area contributed by atoms with Crippen LogP contribution in [0.5, 0.6) is 11.5 Å². The largest absolute Gasteiger partial charge is 0.493 e. The highest BCUT2D eigenvalue weighted by Gasteiger charge is 2.20. The van der Waals surface area contributed by atoms with E-state index < -0.39 is 0 Å². The van der Waals surface area contributed by atoms with E-state index in [0.29, 0.717) is 17.6 Å². The number of fused-ring (bicyclic) bond motifs is 1. The molecule has 3 heterocycles. The van der Waals surface area contributed by atoms with Crippen LogP contribution in [0.25, 0.3) is 22.0 Å². The molecular weight excluding hydrogens is 368 g/mol. The minimum Gasteiger partial charge on any atom is -0.493 e. The van der Waals surface area contributed by atoms with Crippen molar-refractivity contribution in [1.29, 1.82) is 0 Å². The fourth-order valence-electron chi connectivity index (χ4n) is 3.83. The monoisotopic (exact) mass is 394 g/mol. The molecule has 1 aliphatic rings. The molecule has 2 aromatic heterocycles. The summed E-state index contributed by atoms with van der Waals surface area (Å²) in [6.45, 7) is 4.76. The summed E-state index contributed by atoms with van der Waals surface area (Å²) in [5.41, 5.74) is 2.71. The van der Waals surface area contributed by atoms with Gasteiger partial charge in [0.1, 0.15) is 5.82 Å². The van der Waals surface area contributed by atoms with Crippen molar-refractivity contribution in [2.24, 2.45) is 0 Å². The van der Waals surface area contributed by atoms with Gasteiger partial charge in [0.05, 0.1) is 32.0 Å². The molecule has 1 saturated heterocycles. The molecule has 29 heavy (non-hydrogen) atoms. The van der Waals surface area contributed by atoms with Crippen LogP contribution in [-0.4, -0.2) is 55.2 Å². The van der Waals surface area contributed by atoms with Gasteiger partial charge in [0, 0.05) is 48.5 Å². The summed E-state index contributed by atoms with van der Waals surface area (Å²) >= 11 is 0. The molecule has 7 heteroatoms. The highest BCUT2D eigenvalue weighted by Crippen LogP contribution is 2.35. The Kier molecular flexibility index (Phi) is 5.76. The lowest BCUT2D eigenvalue weighted by atomic mass is 10.0. The first-order valence-corrected chi connectivity index (χ1v) is 9.94. The maximum Gasteiger partial charge on any atom is 0.162 e. The fraction of sp³-hybridized carbons (Fsp3) is 0.409. The summed E-state index contributed by atoms with van der Waals surface area (Å²) < 4.78 is 16.6. The maximum absolute atomic E-state index is 5.74. The minimum absolute atomic E-state index is 0.372. The van der Waals surface area contributed by atoms with Crippen LogP contribution in [0.2, 0.25) is 0 Å².